The second kappa shape index (κ2) is 7.85. The number of amides is 2. The Morgan fingerprint density at radius 1 is 1.22 bits per heavy atom. The van der Waals surface area contributed by atoms with E-state index in [-0.39, 0.29) is 11.9 Å². The molecule has 3 atom stereocenters. The molecular formula is C15H24N2O6. The molecule has 0 saturated heterocycles. The Bertz CT molecular complexity index is 483. The Kier molecular flexibility index (Phi) is 6.41. The van der Waals surface area contributed by atoms with Gasteiger partial charge in [0.2, 0.25) is 5.91 Å². The van der Waals surface area contributed by atoms with Crippen LogP contribution in [0.15, 0.2) is 12.2 Å². The zero-order chi connectivity index (χ0) is 17.6. The molecular weight excluding hydrogens is 304 g/mol. The number of ether oxygens (including phenoxy) is 3. The summed E-state index contributed by atoms with van der Waals surface area (Å²) in [7, 11) is 1.23. The molecule has 0 aromatic rings. The number of hydrogen-bond acceptors (Lipinski definition) is 6. The van der Waals surface area contributed by atoms with Crippen molar-refractivity contribution in [3.8, 4) is 0 Å². The van der Waals surface area contributed by atoms with E-state index in [1.165, 1.54) is 7.11 Å². The SMILES string of the molecule is COC(=O)O[C@@H]1C=C[C@H](NC(=O)[C@H](C)NC(=O)OC(C)(C)C)C1. The number of carbonyl (C=O) groups is 3. The monoisotopic (exact) mass is 328 g/mol. The van der Waals surface area contributed by atoms with Crippen LogP contribution in [-0.4, -0.2) is 49.1 Å². The third-order valence-corrected chi connectivity index (χ3v) is 2.91. The van der Waals surface area contributed by atoms with E-state index in [9.17, 15) is 14.4 Å². The lowest BCUT2D eigenvalue weighted by Crippen LogP contribution is -2.48. The smallest absolute Gasteiger partial charge is 0.444 e. The van der Waals surface area contributed by atoms with E-state index in [0.717, 1.165) is 0 Å². The van der Waals surface area contributed by atoms with Gasteiger partial charge in [-0.3, -0.25) is 4.79 Å². The quantitative estimate of drug-likeness (QED) is 0.599. The van der Waals surface area contributed by atoms with Crippen molar-refractivity contribution in [2.24, 2.45) is 0 Å². The summed E-state index contributed by atoms with van der Waals surface area (Å²) in [5, 5.41) is 5.20. The Labute approximate surface area is 135 Å². The first-order valence-electron chi connectivity index (χ1n) is 7.33. The summed E-state index contributed by atoms with van der Waals surface area (Å²) in [6.07, 6.45) is 1.95. The lowest BCUT2D eigenvalue weighted by molar-refractivity contribution is -0.123. The molecule has 0 heterocycles. The molecule has 0 radical (unpaired) electrons. The van der Waals surface area contributed by atoms with Crippen LogP contribution in [0.1, 0.15) is 34.1 Å². The standard InChI is InChI=1S/C15H24N2O6/c1-9(16-13(19)23-15(2,3)4)12(18)17-10-6-7-11(8-10)22-14(20)21-5/h6-7,9-11H,8H2,1-5H3,(H,16,19)(H,17,18)/t9-,10-,11+/m0/s1. The summed E-state index contributed by atoms with van der Waals surface area (Å²) in [5.41, 5.74) is -0.632. The molecule has 2 N–H and O–H groups in total. The van der Waals surface area contributed by atoms with Gasteiger partial charge in [-0.05, 0) is 33.8 Å². The lowest BCUT2D eigenvalue weighted by Gasteiger charge is -2.22. The Morgan fingerprint density at radius 2 is 1.87 bits per heavy atom. The van der Waals surface area contributed by atoms with Gasteiger partial charge >= 0.3 is 12.2 Å². The van der Waals surface area contributed by atoms with E-state index in [4.69, 9.17) is 9.47 Å². The van der Waals surface area contributed by atoms with E-state index in [1.54, 1.807) is 39.8 Å². The molecule has 23 heavy (non-hydrogen) atoms. The summed E-state index contributed by atoms with van der Waals surface area (Å²) in [6, 6.07) is -1.03. The molecule has 0 bridgehead atoms. The first kappa shape index (κ1) is 18.8. The third kappa shape index (κ3) is 7.03. The largest absolute Gasteiger partial charge is 0.508 e. The summed E-state index contributed by atoms with van der Waals surface area (Å²) >= 11 is 0. The minimum Gasteiger partial charge on any atom is -0.444 e. The fourth-order valence-electron chi connectivity index (χ4n) is 1.89. The zero-order valence-electron chi connectivity index (χ0n) is 14.0. The number of hydrogen-bond donors (Lipinski definition) is 2. The Hall–Kier alpha value is -2.25. The predicted molar refractivity (Wildman–Crippen MR) is 81.8 cm³/mol. The summed E-state index contributed by atoms with van der Waals surface area (Å²) in [5.74, 6) is -0.357. The fraction of sp³-hybridized carbons (Fsp3) is 0.667. The van der Waals surface area contributed by atoms with E-state index < -0.39 is 30.0 Å². The number of carbonyl (C=O) groups excluding carboxylic acids is 3. The summed E-state index contributed by atoms with van der Waals surface area (Å²) in [4.78, 5) is 34.7. The van der Waals surface area contributed by atoms with Gasteiger partial charge in [-0.1, -0.05) is 6.08 Å². The molecule has 0 aromatic heterocycles. The molecule has 0 unspecified atom stereocenters. The molecule has 130 valence electrons. The van der Waals surface area contributed by atoms with Crippen LogP contribution < -0.4 is 10.6 Å². The van der Waals surface area contributed by atoms with E-state index >= 15 is 0 Å². The average Bonchev–Trinajstić information content (AvgIpc) is 2.83. The third-order valence-electron chi connectivity index (χ3n) is 2.91. The fourth-order valence-corrected chi connectivity index (χ4v) is 1.89. The molecule has 1 aliphatic rings. The van der Waals surface area contributed by atoms with Crippen molar-refractivity contribution in [1.82, 2.24) is 10.6 Å². The first-order chi connectivity index (χ1) is 10.6. The molecule has 1 aliphatic carbocycles. The minimum atomic E-state index is -0.772. The van der Waals surface area contributed by atoms with Gasteiger partial charge in [-0.25, -0.2) is 9.59 Å². The van der Waals surface area contributed by atoms with Crippen LogP contribution >= 0.6 is 0 Å². The van der Waals surface area contributed by atoms with Crippen LogP contribution in [-0.2, 0) is 19.0 Å². The summed E-state index contributed by atoms with van der Waals surface area (Å²) < 4.78 is 14.5. The normalized spacial score (nSPS) is 21.3. The molecule has 1 rings (SSSR count). The van der Waals surface area contributed by atoms with Crippen LogP contribution in [0.25, 0.3) is 0 Å². The second-order valence-electron chi connectivity index (χ2n) is 6.21. The van der Waals surface area contributed by atoms with Gasteiger partial charge in [0.1, 0.15) is 17.7 Å². The molecule has 0 spiro atoms. The van der Waals surface area contributed by atoms with Gasteiger partial charge < -0.3 is 24.8 Å². The highest BCUT2D eigenvalue weighted by molar-refractivity contribution is 5.85. The van der Waals surface area contributed by atoms with E-state index in [0.29, 0.717) is 6.42 Å². The van der Waals surface area contributed by atoms with Gasteiger partial charge in [0.25, 0.3) is 0 Å². The zero-order valence-corrected chi connectivity index (χ0v) is 14.0. The molecule has 0 saturated carbocycles. The van der Waals surface area contributed by atoms with Crippen LogP contribution in [0.4, 0.5) is 9.59 Å². The maximum Gasteiger partial charge on any atom is 0.508 e. The number of nitrogens with one attached hydrogen (secondary N) is 2. The van der Waals surface area contributed by atoms with Crippen LogP contribution in [0.3, 0.4) is 0 Å². The molecule has 2 amide bonds. The topological polar surface area (TPSA) is 103 Å². The first-order valence-corrected chi connectivity index (χ1v) is 7.33. The van der Waals surface area contributed by atoms with Crippen molar-refractivity contribution >= 4 is 18.2 Å². The van der Waals surface area contributed by atoms with Gasteiger partial charge in [-0.15, -0.1) is 0 Å². The van der Waals surface area contributed by atoms with Crippen LogP contribution in [0.2, 0.25) is 0 Å². The van der Waals surface area contributed by atoms with Gasteiger partial charge in [0.15, 0.2) is 0 Å². The number of rotatable bonds is 4. The molecule has 0 fully saturated rings. The van der Waals surface area contributed by atoms with Crippen molar-refractivity contribution < 1.29 is 28.6 Å². The van der Waals surface area contributed by atoms with Crippen molar-refractivity contribution in [2.45, 2.75) is 57.9 Å². The van der Waals surface area contributed by atoms with Crippen LogP contribution in [0.5, 0.6) is 0 Å². The Morgan fingerprint density at radius 3 is 2.43 bits per heavy atom. The Balaban J connectivity index is 2.38. The van der Waals surface area contributed by atoms with Crippen molar-refractivity contribution in [1.29, 1.82) is 0 Å². The lowest BCUT2D eigenvalue weighted by atomic mass is 10.2. The maximum atomic E-state index is 12.0. The van der Waals surface area contributed by atoms with Crippen molar-refractivity contribution in [2.75, 3.05) is 7.11 Å². The van der Waals surface area contributed by atoms with Gasteiger partial charge in [-0.2, -0.15) is 0 Å². The molecule has 8 nitrogen and oxygen atoms in total. The maximum absolute atomic E-state index is 12.0. The van der Waals surface area contributed by atoms with E-state index in [1.807, 2.05) is 0 Å². The highest BCUT2D eigenvalue weighted by Crippen LogP contribution is 2.15. The van der Waals surface area contributed by atoms with Gasteiger partial charge in [0, 0.05) is 6.42 Å². The number of alkyl carbamates (subject to hydrolysis) is 1. The highest BCUT2D eigenvalue weighted by atomic mass is 16.7. The van der Waals surface area contributed by atoms with Gasteiger partial charge in [0.05, 0.1) is 13.2 Å². The van der Waals surface area contributed by atoms with Crippen molar-refractivity contribution in [3.05, 3.63) is 12.2 Å². The van der Waals surface area contributed by atoms with E-state index in [2.05, 4.69) is 15.4 Å². The highest BCUT2D eigenvalue weighted by Gasteiger charge is 2.26. The number of methoxy groups -OCH3 is 1. The summed E-state index contributed by atoms with van der Waals surface area (Å²) in [6.45, 7) is 6.77. The predicted octanol–water partition coefficient (Wildman–Crippen LogP) is 1.50. The average molecular weight is 328 g/mol. The second-order valence-corrected chi connectivity index (χ2v) is 6.21. The molecule has 0 aromatic carbocycles. The van der Waals surface area contributed by atoms with Crippen molar-refractivity contribution in [3.63, 3.8) is 0 Å². The van der Waals surface area contributed by atoms with Crippen LogP contribution in [0, 0.1) is 0 Å². The minimum absolute atomic E-state index is 0.278. The molecule has 0 aliphatic heterocycles. The molecule has 8 heteroatoms.